The van der Waals surface area contributed by atoms with Crippen LogP contribution in [-0.4, -0.2) is 60.5 Å². The minimum absolute atomic E-state index is 0.0849. The maximum Gasteiger partial charge on any atom is 0.239 e. The highest BCUT2D eigenvalue weighted by molar-refractivity contribution is 5.88. The molecule has 1 fully saturated rings. The van der Waals surface area contributed by atoms with Crippen molar-refractivity contribution >= 4 is 11.0 Å². The maximum absolute atomic E-state index is 13.2. The van der Waals surface area contributed by atoms with Crippen molar-refractivity contribution in [2.45, 2.75) is 31.7 Å². The van der Waals surface area contributed by atoms with Gasteiger partial charge < -0.3 is 49.6 Å². The van der Waals surface area contributed by atoms with Crippen LogP contribution >= 0.6 is 0 Å². The summed E-state index contributed by atoms with van der Waals surface area (Å²) in [7, 11) is 0. The van der Waals surface area contributed by atoms with Gasteiger partial charge in [-0.25, -0.2) is 0 Å². The molecule has 7 N–H and O–H groups in total. The average Bonchev–Trinajstić information content (AvgIpc) is 2.73. The molecule has 4 rings (SSSR count). The van der Waals surface area contributed by atoms with Crippen LogP contribution in [-0.2, 0) is 4.74 Å². The van der Waals surface area contributed by atoms with Gasteiger partial charge in [-0.15, -0.1) is 0 Å². The third-order valence-electron chi connectivity index (χ3n) is 5.27. The molecule has 1 aromatic heterocycles. The molecular formula is C21H20O11. The highest BCUT2D eigenvalue weighted by Gasteiger charge is 2.43. The Balaban J connectivity index is 1.92. The zero-order chi connectivity index (χ0) is 23.3. The van der Waals surface area contributed by atoms with Gasteiger partial charge in [0.2, 0.25) is 17.5 Å². The first kappa shape index (κ1) is 21.7. The highest BCUT2D eigenvalue weighted by Crippen LogP contribution is 2.39. The van der Waals surface area contributed by atoms with Gasteiger partial charge in [0, 0.05) is 23.6 Å². The fourth-order valence-corrected chi connectivity index (χ4v) is 3.46. The quantitative estimate of drug-likeness (QED) is 0.279. The lowest BCUT2D eigenvalue weighted by Gasteiger charge is -2.38. The van der Waals surface area contributed by atoms with Crippen molar-refractivity contribution in [3.8, 4) is 40.1 Å². The second-order valence-electron chi connectivity index (χ2n) is 7.48. The first-order chi connectivity index (χ1) is 15.1. The summed E-state index contributed by atoms with van der Waals surface area (Å²) in [6.07, 6.45) is -6.25. The molecule has 0 radical (unpaired) electrons. The number of phenolic OH excluding ortho intramolecular Hbond substituents is 4. The fraction of sp³-hybridized carbons (Fsp3) is 0.286. The minimum Gasteiger partial charge on any atom is -0.508 e. The second-order valence-corrected chi connectivity index (χ2v) is 7.48. The van der Waals surface area contributed by atoms with Crippen molar-refractivity contribution in [2.24, 2.45) is 5.92 Å². The Morgan fingerprint density at radius 3 is 2.31 bits per heavy atom. The molecule has 0 bridgehead atoms. The van der Waals surface area contributed by atoms with Crippen LogP contribution < -0.4 is 10.2 Å². The Morgan fingerprint density at radius 2 is 1.62 bits per heavy atom. The smallest absolute Gasteiger partial charge is 0.239 e. The molecule has 32 heavy (non-hydrogen) atoms. The van der Waals surface area contributed by atoms with Crippen LogP contribution in [0.15, 0.2) is 39.5 Å². The Kier molecular flexibility index (Phi) is 5.34. The number of fused-ring (bicyclic) bond motifs is 1. The van der Waals surface area contributed by atoms with E-state index in [2.05, 4.69) is 0 Å². The van der Waals surface area contributed by atoms with E-state index >= 15 is 0 Å². The van der Waals surface area contributed by atoms with Gasteiger partial charge in [0.05, 0.1) is 6.10 Å². The lowest BCUT2D eigenvalue weighted by atomic mass is 9.96. The van der Waals surface area contributed by atoms with E-state index in [9.17, 15) is 40.5 Å². The minimum atomic E-state index is -1.80. The number of aromatic hydroxyl groups is 4. The summed E-state index contributed by atoms with van der Waals surface area (Å²) in [6, 6.07) is 5.56. The van der Waals surface area contributed by atoms with Gasteiger partial charge >= 0.3 is 0 Å². The zero-order valence-electron chi connectivity index (χ0n) is 16.5. The van der Waals surface area contributed by atoms with Crippen LogP contribution in [0, 0.1) is 5.92 Å². The molecule has 1 aliphatic rings. The summed E-state index contributed by atoms with van der Waals surface area (Å²) in [5.41, 5.74) is -0.991. The van der Waals surface area contributed by atoms with Gasteiger partial charge in [0.15, 0.2) is 23.5 Å². The number of hydrogen-bond donors (Lipinski definition) is 7. The van der Waals surface area contributed by atoms with E-state index in [1.165, 1.54) is 13.0 Å². The lowest BCUT2D eigenvalue weighted by Crippen LogP contribution is -2.55. The Labute approximate surface area is 179 Å². The van der Waals surface area contributed by atoms with Crippen molar-refractivity contribution in [1.29, 1.82) is 0 Å². The summed E-state index contributed by atoms with van der Waals surface area (Å²) in [4.78, 5) is 13.2. The van der Waals surface area contributed by atoms with E-state index in [0.29, 0.717) is 0 Å². The molecule has 11 nitrogen and oxygen atoms in total. The number of aliphatic hydroxyl groups excluding tert-OH is 3. The van der Waals surface area contributed by atoms with Crippen LogP contribution in [0.5, 0.6) is 28.7 Å². The van der Waals surface area contributed by atoms with E-state index in [1.807, 2.05) is 0 Å². The largest absolute Gasteiger partial charge is 0.508 e. The molecule has 2 aromatic carbocycles. The summed E-state index contributed by atoms with van der Waals surface area (Å²) in [6.45, 7) is 1.45. The predicted octanol–water partition coefficient (Wildman–Crippen LogP) is 0.694. The van der Waals surface area contributed by atoms with Crippen molar-refractivity contribution in [3.63, 3.8) is 0 Å². The number of aliphatic hydroxyl groups is 3. The molecule has 5 atom stereocenters. The highest BCUT2D eigenvalue weighted by atomic mass is 16.7. The first-order valence-electron chi connectivity index (χ1n) is 9.50. The Bertz CT molecular complexity index is 1230. The summed E-state index contributed by atoms with van der Waals surface area (Å²) < 4.78 is 16.5. The topological polar surface area (TPSA) is 190 Å². The summed E-state index contributed by atoms with van der Waals surface area (Å²) >= 11 is 0. The van der Waals surface area contributed by atoms with Crippen LogP contribution in [0.4, 0.5) is 0 Å². The van der Waals surface area contributed by atoms with Gasteiger partial charge in [0.1, 0.15) is 28.6 Å². The zero-order valence-corrected chi connectivity index (χ0v) is 16.5. The van der Waals surface area contributed by atoms with Crippen molar-refractivity contribution in [2.75, 3.05) is 0 Å². The number of phenols is 4. The summed E-state index contributed by atoms with van der Waals surface area (Å²) in [5, 5.41) is 68.9. The van der Waals surface area contributed by atoms with Crippen LogP contribution in [0.2, 0.25) is 0 Å². The molecule has 0 aliphatic carbocycles. The SMILES string of the molecule is C[C@H]1C(Oc2c(-c3ccc(O)c(O)c3)oc3cc(O)cc(O)c3c2=O)O[C@@H](O)[C@H](O)[C@@H]1O. The monoisotopic (exact) mass is 448 g/mol. The third-order valence-corrected chi connectivity index (χ3v) is 5.27. The average molecular weight is 448 g/mol. The molecule has 3 aromatic rings. The van der Waals surface area contributed by atoms with Gasteiger partial charge in [-0.05, 0) is 18.2 Å². The molecule has 0 saturated carbocycles. The molecular weight excluding hydrogens is 428 g/mol. The van der Waals surface area contributed by atoms with E-state index in [0.717, 1.165) is 24.3 Å². The van der Waals surface area contributed by atoms with Gasteiger partial charge in [0.25, 0.3) is 0 Å². The predicted molar refractivity (Wildman–Crippen MR) is 107 cm³/mol. The van der Waals surface area contributed by atoms with Crippen LogP contribution in [0.1, 0.15) is 6.92 Å². The number of ether oxygens (including phenoxy) is 2. The van der Waals surface area contributed by atoms with Crippen molar-refractivity contribution in [1.82, 2.24) is 0 Å². The second kappa shape index (κ2) is 7.88. The Hall–Kier alpha value is -3.51. The van der Waals surface area contributed by atoms with Crippen molar-refractivity contribution in [3.05, 3.63) is 40.6 Å². The molecule has 1 unspecified atom stereocenters. The summed E-state index contributed by atoms with van der Waals surface area (Å²) in [5.74, 6) is -3.59. The molecule has 0 spiro atoms. The lowest BCUT2D eigenvalue weighted by molar-refractivity contribution is -0.306. The van der Waals surface area contributed by atoms with Gasteiger partial charge in [-0.2, -0.15) is 0 Å². The van der Waals surface area contributed by atoms with Gasteiger partial charge in [-0.3, -0.25) is 4.79 Å². The van der Waals surface area contributed by atoms with E-state index in [-0.39, 0.29) is 28.0 Å². The molecule has 1 saturated heterocycles. The molecule has 11 heteroatoms. The standard InChI is InChI=1S/C21H20O11/c1-7-15(26)17(28)20(29)32-21(7)31-19-16(27)14-12(25)5-9(22)6-13(14)30-18(19)8-2-3-10(23)11(24)4-8/h2-7,15,17,20-26,28-29H,1H3/t7-,15-,17-,20-,21?/m1/s1. The molecule has 1 aliphatic heterocycles. The maximum atomic E-state index is 13.2. The Morgan fingerprint density at radius 1 is 0.906 bits per heavy atom. The van der Waals surface area contributed by atoms with E-state index < -0.39 is 59.1 Å². The van der Waals surface area contributed by atoms with Crippen molar-refractivity contribution < 1.29 is 49.6 Å². The molecule has 0 amide bonds. The third kappa shape index (κ3) is 3.56. The van der Waals surface area contributed by atoms with Gasteiger partial charge in [-0.1, -0.05) is 6.92 Å². The molecule has 2 heterocycles. The molecule has 170 valence electrons. The van der Waals surface area contributed by atoms with E-state index in [4.69, 9.17) is 13.9 Å². The first-order valence-corrected chi connectivity index (χ1v) is 9.50. The fourth-order valence-electron chi connectivity index (χ4n) is 3.46. The van der Waals surface area contributed by atoms with Crippen LogP contribution in [0.3, 0.4) is 0 Å². The number of benzene rings is 2. The number of hydrogen-bond acceptors (Lipinski definition) is 11. The van der Waals surface area contributed by atoms with Crippen LogP contribution in [0.25, 0.3) is 22.3 Å². The number of rotatable bonds is 3. The normalized spacial score (nSPS) is 25.7. The van der Waals surface area contributed by atoms with E-state index in [1.54, 1.807) is 0 Å².